The van der Waals surface area contributed by atoms with Crippen molar-refractivity contribution < 1.29 is 4.79 Å². The number of likely N-dealkylation sites (tertiary alicyclic amines) is 1. The molecule has 1 amide bonds. The van der Waals surface area contributed by atoms with Crippen LogP contribution in [0.25, 0.3) is 0 Å². The predicted molar refractivity (Wildman–Crippen MR) is 92.9 cm³/mol. The minimum Gasteiger partial charge on any atom is -0.378 e. The second-order valence-electron chi connectivity index (χ2n) is 7.26. The Kier molecular flexibility index (Phi) is 4.57. The molecular weight excluding hydrogens is 288 g/mol. The minimum atomic E-state index is 0.0740. The van der Waals surface area contributed by atoms with Crippen LogP contribution in [0.4, 0.5) is 5.69 Å². The van der Waals surface area contributed by atoms with E-state index in [2.05, 4.69) is 23.7 Å². The minimum absolute atomic E-state index is 0.0740. The molecule has 1 aromatic rings. The van der Waals surface area contributed by atoms with E-state index in [4.69, 9.17) is 0 Å². The average Bonchev–Trinajstić information content (AvgIpc) is 2.81. The van der Waals surface area contributed by atoms with Crippen LogP contribution in [0.15, 0.2) is 18.3 Å². The Hall–Kier alpha value is -1.62. The Morgan fingerprint density at radius 1 is 1.26 bits per heavy atom. The molecule has 0 spiro atoms. The van der Waals surface area contributed by atoms with Gasteiger partial charge in [0.15, 0.2) is 0 Å². The summed E-state index contributed by atoms with van der Waals surface area (Å²) in [6.45, 7) is 6.22. The number of nitrogens with zero attached hydrogens (tertiary/aromatic N) is 4. The second kappa shape index (κ2) is 6.48. The number of rotatable bonds is 3. The zero-order valence-corrected chi connectivity index (χ0v) is 14.7. The van der Waals surface area contributed by atoms with Crippen molar-refractivity contribution in [2.45, 2.75) is 51.2 Å². The third-order valence-electron chi connectivity index (χ3n) is 5.20. The van der Waals surface area contributed by atoms with Gasteiger partial charge in [0.05, 0.1) is 0 Å². The highest BCUT2D eigenvalue weighted by atomic mass is 16.2. The van der Waals surface area contributed by atoms with Crippen LogP contribution in [0.5, 0.6) is 0 Å². The Morgan fingerprint density at radius 2 is 2.00 bits per heavy atom. The molecule has 0 aliphatic carbocycles. The van der Waals surface area contributed by atoms with Crippen LogP contribution in [0.2, 0.25) is 0 Å². The van der Waals surface area contributed by atoms with Crippen molar-refractivity contribution in [2.75, 3.05) is 32.1 Å². The van der Waals surface area contributed by atoms with Crippen LogP contribution in [-0.2, 0) is 0 Å². The van der Waals surface area contributed by atoms with Gasteiger partial charge in [-0.2, -0.15) is 0 Å². The maximum atomic E-state index is 12.9. The number of amides is 1. The summed E-state index contributed by atoms with van der Waals surface area (Å²) in [5.74, 6) is 0.0740. The van der Waals surface area contributed by atoms with Crippen molar-refractivity contribution in [3.8, 4) is 0 Å². The van der Waals surface area contributed by atoms with Gasteiger partial charge in [-0.25, -0.2) is 0 Å². The van der Waals surface area contributed by atoms with E-state index in [1.165, 1.54) is 12.8 Å². The van der Waals surface area contributed by atoms with E-state index in [0.717, 1.165) is 25.2 Å². The lowest BCUT2D eigenvalue weighted by Gasteiger charge is -2.32. The van der Waals surface area contributed by atoms with E-state index in [9.17, 15) is 4.79 Å². The van der Waals surface area contributed by atoms with Crippen molar-refractivity contribution in [1.82, 2.24) is 14.8 Å². The third-order valence-corrected chi connectivity index (χ3v) is 5.20. The molecule has 5 heteroatoms. The summed E-state index contributed by atoms with van der Waals surface area (Å²) in [6.07, 6.45) is 5.29. The fourth-order valence-corrected chi connectivity index (χ4v) is 4.11. The van der Waals surface area contributed by atoms with E-state index in [-0.39, 0.29) is 5.91 Å². The number of hydrogen-bond donors (Lipinski definition) is 0. The summed E-state index contributed by atoms with van der Waals surface area (Å²) in [7, 11) is 3.96. The van der Waals surface area contributed by atoms with Crippen molar-refractivity contribution in [1.29, 1.82) is 0 Å². The Bertz CT molecular complexity index is 572. The molecular formula is C18H28N4O. The molecule has 2 fully saturated rings. The monoisotopic (exact) mass is 316 g/mol. The van der Waals surface area contributed by atoms with Crippen LogP contribution in [0.3, 0.4) is 0 Å². The Morgan fingerprint density at radius 3 is 2.70 bits per heavy atom. The molecule has 23 heavy (non-hydrogen) atoms. The van der Waals surface area contributed by atoms with Crippen LogP contribution in [0.1, 0.15) is 43.6 Å². The molecule has 2 aliphatic rings. The standard InChI is InChI=1S/C18H28N4O/c1-13(2)22-14-5-6-16(22)12-21(10-8-14)18(23)17-11-15(20(3)4)7-9-19-17/h7,9,11,13-14,16H,5-6,8,10,12H2,1-4H3/t14-,16-/m0/s1. The Balaban J connectivity index is 1.77. The van der Waals surface area contributed by atoms with Gasteiger partial charge in [0.1, 0.15) is 5.69 Å². The maximum absolute atomic E-state index is 12.9. The van der Waals surface area contributed by atoms with E-state index < -0.39 is 0 Å². The molecule has 3 rings (SSSR count). The van der Waals surface area contributed by atoms with E-state index in [1.807, 2.05) is 36.0 Å². The van der Waals surface area contributed by atoms with E-state index in [0.29, 0.717) is 23.8 Å². The molecule has 126 valence electrons. The van der Waals surface area contributed by atoms with Crippen LogP contribution >= 0.6 is 0 Å². The molecule has 0 N–H and O–H groups in total. The molecule has 2 bridgehead atoms. The number of aromatic nitrogens is 1. The summed E-state index contributed by atoms with van der Waals surface area (Å²) < 4.78 is 0. The molecule has 0 aromatic carbocycles. The van der Waals surface area contributed by atoms with Gasteiger partial charge in [0.2, 0.25) is 0 Å². The van der Waals surface area contributed by atoms with E-state index in [1.54, 1.807) is 6.20 Å². The summed E-state index contributed by atoms with van der Waals surface area (Å²) in [5.41, 5.74) is 1.58. The van der Waals surface area contributed by atoms with Crippen molar-refractivity contribution in [2.24, 2.45) is 0 Å². The fraction of sp³-hybridized carbons (Fsp3) is 0.667. The SMILES string of the molecule is CC(C)N1[C@H]2CC[C@H]1CN(C(=O)c1cc(N(C)C)ccn1)CC2. The summed E-state index contributed by atoms with van der Waals surface area (Å²) in [6, 6.07) is 5.52. The number of hydrogen-bond acceptors (Lipinski definition) is 4. The molecule has 2 aliphatic heterocycles. The molecule has 0 radical (unpaired) electrons. The van der Waals surface area contributed by atoms with Crippen LogP contribution < -0.4 is 4.90 Å². The smallest absolute Gasteiger partial charge is 0.272 e. The zero-order valence-electron chi connectivity index (χ0n) is 14.7. The first-order chi connectivity index (χ1) is 11.0. The van der Waals surface area contributed by atoms with Gasteiger partial charge < -0.3 is 9.80 Å². The largest absolute Gasteiger partial charge is 0.378 e. The fourth-order valence-electron chi connectivity index (χ4n) is 4.11. The van der Waals surface area contributed by atoms with Gasteiger partial charge in [-0.1, -0.05) is 0 Å². The first-order valence-corrected chi connectivity index (χ1v) is 8.67. The Labute approximate surface area is 139 Å². The third kappa shape index (κ3) is 3.20. The van der Waals surface area contributed by atoms with Gasteiger partial charge in [-0.15, -0.1) is 0 Å². The number of anilines is 1. The topological polar surface area (TPSA) is 39.7 Å². The highest BCUT2D eigenvalue weighted by Crippen LogP contribution is 2.32. The molecule has 2 atom stereocenters. The summed E-state index contributed by atoms with van der Waals surface area (Å²) in [5, 5.41) is 0. The average molecular weight is 316 g/mol. The molecule has 3 heterocycles. The molecule has 1 aromatic heterocycles. The second-order valence-corrected chi connectivity index (χ2v) is 7.26. The van der Waals surface area contributed by atoms with Crippen molar-refractivity contribution in [3.05, 3.63) is 24.0 Å². The number of fused-ring (bicyclic) bond motifs is 2. The van der Waals surface area contributed by atoms with Crippen molar-refractivity contribution in [3.63, 3.8) is 0 Å². The lowest BCUT2D eigenvalue weighted by molar-refractivity contribution is 0.0722. The van der Waals surface area contributed by atoms with E-state index >= 15 is 0 Å². The summed E-state index contributed by atoms with van der Waals surface area (Å²) >= 11 is 0. The highest BCUT2D eigenvalue weighted by molar-refractivity contribution is 5.93. The van der Waals surface area contributed by atoms with Gasteiger partial charge in [0.25, 0.3) is 5.91 Å². The molecule has 5 nitrogen and oxygen atoms in total. The molecule has 0 saturated carbocycles. The van der Waals surface area contributed by atoms with Crippen LogP contribution in [0, 0.1) is 0 Å². The number of pyridine rings is 1. The quantitative estimate of drug-likeness (QED) is 0.857. The van der Waals surface area contributed by atoms with Gasteiger partial charge in [-0.3, -0.25) is 14.7 Å². The maximum Gasteiger partial charge on any atom is 0.272 e. The van der Waals surface area contributed by atoms with Crippen molar-refractivity contribution >= 4 is 11.6 Å². The number of carbonyl (C=O) groups is 1. The lowest BCUT2D eigenvalue weighted by atomic mass is 10.1. The number of carbonyl (C=O) groups excluding carboxylic acids is 1. The highest BCUT2D eigenvalue weighted by Gasteiger charge is 2.39. The first-order valence-electron chi connectivity index (χ1n) is 8.67. The zero-order chi connectivity index (χ0) is 16.6. The van der Waals surface area contributed by atoms with Crippen LogP contribution in [-0.4, -0.2) is 66.0 Å². The summed E-state index contributed by atoms with van der Waals surface area (Å²) in [4.78, 5) is 23.9. The first kappa shape index (κ1) is 16.2. The molecule has 0 unspecified atom stereocenters. The van der Waals surface area contributed by atoms with Gasteiger partial charge in [-0.05, 0) is 45.2 Å². The predicted octanol–water partition coefficient (Wildman–Crippen LogP) is 2.23. The lowest BCUT2D eigenvalue weighted by Crippen LogP contribution is -2.44. The van der Waals surface area contributed by atoms with Gasteiger partial charge in [0, 0.05) is 57.2 Å². The molecule has 2 saturated heterocycles. The van der Waals surface area contributed by atoms with Gasteiger partial charge >= 0.3 is 0 Å². The normalized spacial score (nSPS) is 24.8.